The van der Waals surface area contributed by atoms with Gasteiger partial charge in [-0.2, -0.15) is 13.2 Å². The van der Waals surface area contributed by atoms with Gasteiger partial charge in [-0.25, -0.2) is 4.98 Å². The molecule has 0 bridgehead atoms. The van der Waals surface area contributed by atoms with Crippen molar-refractivity contribution < 1.29 is 13.2 Å². The van der Waals surface area contributed by atoms with Gasteiger partial charge in [-0.1, -0.05) is 12.1 Å². The van der Waals surface area contributed by atoms with E-state index in [1.54, 1.807) is 16.7 Å². The number of pyridine rings is 1. The molecule has 0 saturated carbocycles. The predicted molar refractivity (Wildman–Crippen MR) is 105 cm³/mol. The van der Waals surface area contributed by atoms with Crippen molar-refractivity contribution in [3.8, 4) is 0 Å². The fraction of sp³-hybridized carbons (Fsp3) is 0.381. The SMILES string of the molecule is Cc1nc2ccccc2c(=O)n1CC1CCN(c2ccnc(C(F)(F)F)c2)CC1. The quantitative estimate of drug-likeness (QED) is 0.664. The zero-order valence-corrected chi connectivity index (χ0v) is 16.0. The molecule has 0 N–H and O–H groups in total. The number of hydrogen-bond acceptors (Lipinski definition) is 4. The van der Waals surface area contributed by atoms with Gasteiger partial charge < -0.3 is 4.90 Å². The highest BCUT2D eigenvalue weighted by molar-refractivity contribution is 5.77. The van der Waals surface area contributed by atoms with Crippen LogP contribution in [0.5, 0.6) is 0 Å². The Morgan fingerprint density at radius 1 is 1.14 bits per heavy atom. The first kappa shape index (κ1) is 19.4. The van der Waals surface area contributed by atoms with E-state index in [2.05, 4.69) is 9.97 Å². The van der Waals surface area contributed by atoms with Crippen LogP contribution >= 0.6 is 0 Å². The molecular formula is C21H21F3N4O. The van der Waals surface area contributed by atoms with E-state index in [4.69, 9.17) is 0 Å². The first-order valence-corrected chi connectivity index (χ1v) is 9.57. The number of halogens is 3. The zero-order chi connectivity index (χ0) is 20.6. The number of aromatic nitrogens is 3. The molecule has 1 aliphatic rings. The van der Waals surface area contributed by atoms with Crippen molar-refractivity contribution in [1.82, 2.24) is 14.5 Å². The van der Waals surface area contributed by atoms with Gasteiger partial charge in [-0.15, -0.1) is 0 Å². The Morgan fingerprint density at radius 3 is 2.59 bits per heavy atom. The van der Waals surface area contributed by atoms with Crippen LogP contribution in [-0.2, 0) is 12.7 Å². The van der Waals surface area contributed by atoms with Gasteiger partial charge in [-0.3, -0.25) is 14.3 Å². The highest BCUT2D eigenvalue weighted by Gasteiger charge is 2.33. The van der Waals surface area contributed by atoms with Crippen molar-refractivity contribution in [3.63, 3.8) is 0 Å². The molecule has 1 aliphatic heterocycles. The van der Waals surface area contributed by atoms with Crippen LogP contribution in [0.15, 0.2) is 47.4 Å². The predicted octanol–water partition coefficient (Wildman–Crippen LogP) is 4.04. The lowest BCUT2D eigenvalue weighted by Crippen LogP contribution is -2.37. The molecule has 0 aliphatic carbocycles. The summed E-state index contributed by atoms with van der Waals surface area (Å²) >= 11 is 0. The van der Waals surface area contributed by atoms with Gasteiger partial charge in [0.25, 0.3) is 5.56 Å². The third-order valence-corrected chi connectivity index (χ3v) is 5.51. The number of piperidine rings is 1. The largest absolute Gasteiger partial charge is 0.433 e. The Balaban J connectivity index is 1.47. The van der Waals surface area contributed by atoms with Crippen LogP contribution in [0.2, 0.25) is 0 Å². The number of aryl methyl sites for hydroxylation is 1. The van der Waals surface area contributed by atoms with Gasteiger partial charge in [0, 0.05) is 31.5 Å². The van der Waals surface area contributed by atoms with Gasteiger partial charge in [-0.05, 0) is 49.9 Å². The second-order valence-electron chi connectivity index (χ2n) is 7.42. The summed E-state index contributed by atoms with van der Waals surface area (Å²) in [5, 5.41) is 0.604. The minimum Gasteiger partial charge on any atom is -0.371 e. The van der Waals surface area contributed by atoms with Gasteiger partial charge >= 0.3 is 6.18 Å². The van der Waals surface area contributed by atoms with E-state index in [0.717, 1.165) is 18.9 Å². The lowest BCUT2D eigenvalue weighted by Gasteiger charge is -2.34. The van der Waals surface area contributed by atoms with Crippen LogP contribution in [-0.4, -0.2) is 27.6 Å². The van der Waals surface area contributed by atoms with Crippen molar-refractivity contribution >= 4 is 16.6 Å². The van der Waals surface area contributed by atoms with Crippen LogP contribution in [0.3, 0.4) is 0 Å². The van der Waals surface area contributed by atoms with Gasteiger partial charge in [0.05, 0.1) is 10.9 Å². The number of hydrogen-bond donors (Lipinski definition) is 0. The van der Waals surface area contributed by atoms with Crippen molar-refractivity contribution in [2.75, 3.05) is 18.0 Å². The normalized spacial score (nSPS) is 15.8. The van der Waals surface area contributed by atoms with E-state index in [0.29, 0.717) is 42.0 Å². The van der Waals surface area contributed by atoms with Crippen LogP contribution in [0, 0.1) is 12.8 Å². The number of anilines is 1. The number of nitrogens with zero attached hydrogens (tertiary/aromatic N) is 4. The molecule has 4 rings (SSSR count). The van der Waals surface area contributed by atoms with Crippen LogP contribution < -0.4 is 10.5 Å². The van der Waals surface area contributed by atoms with Crippen LogP contribution in [0.1, 0.15) is 24.4 Å². The fourth-order valence-electron chi connectivity index (χ4n) is 3.90. The molecule has 3 heterocycles. The van der Waals surface area contributed by atoms with Crippen molar-refractivity contribution in [2.24, 2.45) is 5.92 Å². The molecule has 5 nitrogen and oxygen atoms in total. The zero-order valence-electron chi connectivity index (χ0n) is 16.0. The molecule has 0 amide bonds. The second kappa shape index (κ2) is 7.50. The number of alkyl halides is 3. The Hall–Kier alpha value is -2.90. The van der Waals surface area contributed by atoms with Gasteiger partial charge in [0.2, 0.25) is 0 Å². The van der Waals surface area contributed by atoms with Crippen molar-refractivity contribution in [3.05, 3.63) is 64.5 Å². The molecule has 0 spiro atoms. The molecule has 3 aromatic rings. The maximum absolute atomic E-state index is 12.9. The van der Waals surface area contributed by atoms with Crippen LogP contribution in [0.4, 0.5) is 18.9 Å². The average Bonchev–Trinajstić information content (AvgIpc) is 2.71. The smallest absolute Gasteiger partial charge is 0.371 e. The van der Waals surface area contributed by atoms with Crippen molar-refractivity contribution in [2.45, 2.75) is 32.5 Å². The summed E-state index contributed by atoms with van der Waals surface area (Å²) in [7, 11) is 0. The number of fused-ring (bicyclic) bond motifs is 1. The number of rotatable bonds is 3. The fourth-order valence-corrected chi connectivity index (χ4v) is 3.90. The molecule has 0 unspecified atom stereocenters. The molecule has 2 aromatic heterocycles. The molecule has 0 radical (unpaired) electrons. The monoisotopic (exact) mass is 402 g/mol. The standard InChI is InChI=1S/C21H21F3N4O/c1-14-26-18-5-3-2-4-17(18)20(29)28(14)13-15-7-10-27(11-8-15)16-6-9-25-19(12-16)21(22,23)24/h2-6,9,12,15H,7-8,10-11,13H2,1H3. The maximum atomic E-state index is 12.9. The Bertz CT molecular complexity index is 1090. The second-order valence-corrected chi connectivity index (χ2v) is 7.42. The average molecular weight is 402 g/mol. The molecule has 1 fully saturated rings. The van der Waals surface area contributed by atoms with Gasteiger partial charge in [0.1, 0.15) is 11.5 Å². The summed E-state index contributed by atoms with van der Waals surface area (Å²) < 4.78 is 40.4. The van der Waals surface area contributed by atoms with Crippen molar-refractivity contribution in [1.29, 1.82) is 0 Å². The lowest BCUT2D eigenvalue weighted by atomic mass is 9.96. The molecular weight excluding hydrogens is 381 g/mol. The molecule has 8 heteroatoms. The summed E-state index contributed by atoms with van der Waals surface area (Å²) in [5.41, 5.74) is 0.312. The van der Waals surface area contributed by atoms with E-state index in [-0.39, 0.29) is 11.5 Å². The molecule has 1 saturated heterocycles. The lowest BCUT2D eigenvalue weighted by molar-refractivity contribution is -0.141. The van der Waals surface area contributed by atoms with Crippen LogP contribution in [0.25, 0.3) is 10.9 Å². The van der Waals surface area contributed by atoms with E-state index >= 15 is 0 Å². The van der Waals surface area contributed by atoms with Gasteiger partial charge in [0.15, 0.2) is 0 Å². The van der Waals surface area contributed by atoms with E-state index < -0.39 is 11.9 Å². The summed E-state index contributed by atoms with van der Waals surface area (Å²) in [6.07, 6.45) is -1.66. The number of benzene rings is 1. The summed E-state index contributed by atoms with van der Waals surface area (Å²) in [4.78, 5) is 22.7. The molecule has 152 valence electrons. The topological polar surface area (TPSA) is 51.0 Å². The summed E-state index contributed by atoms with van der Waals surface area (Å²) in [6, 6.07) is 10.0. The molecule has 29 heavy (non-hydrogen) atoms. The third kappa shape index (κ3) is 3.97. The highest BCUT2D eigenvalue weighted by atomic mass is 19.4. The minimum atomic E-state index is -4.45. The summed E-state index contributed by atoms with van der Waals surface area (Å²) in [5.74, 6) is 0.953. The summed E-state index contributed by atoms with van der Waals surface area (Å²) in [6.45, 7) is 3.68. The minimum absolute atomic E-state index is 0.0421. The Labute approximate surface area is 165 Å². The highest BCUT2D eigenvalue weighted by Crippen LogP contribution is 2.31. The Morgan fingerprint density at radius 2 is 1.86 bits per heavy atom. The third-order valence-electron chi connectivity index (χ3n) is 5.51. The Kier molecular flexibility index (Phi) is 5.02. The first-order chi connectivity index (χ1) is 13.8. The van der Waals surface area contributed by atoms with E-state index in [1.165, 1.54) is 6.20 Å². The first-order valence-electron chi connectivity index (χ1n) is 9.57. The van der Waals surface area contributed by atoms with E-state index in [1.807, 2.05) is 30.0 Å². The number of para-hydroxylation sites is 1. The molecule has 1 aromatic carbocycles. The maximum Gasteiger partial charge on any atom is 0.433 e. The van der Waals surface area contributed by atoms with E-state index in [9.17, 15) is 18.0 Å². The molecule has 0 atom stereocenters.